The molecule has 3 nitrogen and oxygen atoms in total. The Morgan fingerprint density at radius 1 is 1.26 bits per heavy atom. The second-order valence-electron chi connectivity index (χ2n) is 4.61. The minimum Gasteiger partial charge on any atom is -0.370 e. The molecule has 0 fully saturated rings. The van der Waals surface area contributed by atoms with Crippen LogP contribution in [0.15, 0.2) is 41.0 Å². The topological polar surface area (TPSA) is 42.1 Å². The van der Waals surface area contributed by atoms with E-state index in [9.17, 15) is 0 Å². The molecule has 1 aromatic heterocycles. The average molecular weight is 320 g/mol. The molecule has 2 N–H and O–H groups in total. The zero-order valence-corrected chi connectivity index (χ0v) is 12.8. The van der Waals surface area contributed by atoms with Crippen LogP contribution in [0.5, 0.6) is 0 Å². The lowest BCUT2D eigenvalue weighted by atomic mass is 10.1. The Bertz CT molecular complexity index is 569. The smallest absolute Gasteiger partial charge is 0.0445 e. The van der Waals surface area contributed by atoms with Crippen LogP contribution in [0.4, 0.5) is 5.69 Å². The van der Waals surface area contributed by atoms with Gasteiger partial charge in [-0.1, -0.05) is 34.1 Å². The maximum absolute atomic E-state index is 5.79. The second-order valence-corrected chi connectivity index (χ2v) is 5.46. The summed E-state index contributed by atoms with van der Waals surface area (Å²) < 4.78 is 1.13. The van der Waals surface area contributed by atoms with Crippen molar-refractivity contribution in [3.8, 4) is 0 Å². The number of halogens is 1. The van der Waals surface area contributed by atoms with E-state index in [2.05, 4.69) is 57.1 Å². The zero-order chi connectivity index (χ0) is 13.8. The fraction of sp³-hybridized carbons (Fsp3) is 0.267. The van der Waals surface area contributed by atoms with Crippen molar-refractivity contribution in [2.45, 2.75) is 20.0 Å². The van der Waals surface area contributed by atoms with E-state index in [1.807, 2.05) is 19.2 Å². The summed E-state index contributed by atoms with van der Waals surface area (Å²) in [6.07, 6.45) is 1.86. The number of aryl methyl sites for hydroxylation is 1. The van der Waals surface area contributed by atoms with E-state index in [0.29, 0.717) is 6.54 Å². The quantitative estimate of drug-likeness (QED) is 0.940. The molecular formula is C15H18BrN3. The highest BCUT2D eigenvalue weighted by atomic mass is 79.9. The van der Waals surface area contributed by atoms with Gasteiger partial charge in [0, 0.05) is 47.8 Å². The highest BCUT2D eigenvalue weighted by Gasteiger charge is 2.09. The number of rotatable bonds is 4. The van der Waals surface area contributed by atoms with Crippen LogP contribution in [0.2, 0.25) is 0 Å². The molecule has 0 saturated carbocycles. The number of anilines is 1. The summed E-state index contributed by atoms with van der Waals surface area (Å²) in [6, 6.07) is 10.3. The molecule has 0 saturated heterocycles. The first-order valence-corrected chi connectivity index (χ1v) is 7.01. The third-order valence-electron chi connectivity index (χ3n) is 3.10. The van der Waals surface area contributed by atoms with Gasteiger partial charge >= 0.3 is 0 Å². The van der Waals surface area contributed by atoms with Crippen molar-refractivity contribution in [1.82, 2.24) is 4.98 Å². The zero-order valence-electron chi connectivity index (χ0n) is 11.2. The molecule has 0 atom stereocenters. The average Bonchev–Trinajstić information content (AvgIpc) is 2.41. The molecule has 0 radical (unpaired) electrons. The third-order valence-corrected chi connectivity index (χ3v) is 3.87. The monoisotopic (exact) mass is 319 g/mol. The molecule has 0 spiro atoms. The first-order chi connectivity index (χ1) is 9.11. The highest BCUT2D eigenvalue weighted by Crippen LogP contribution is 2.24. The van der Waals surface area contributed by atoms with Gasteiger partial charge < -0.3 is 10.6 Å². The van der Waals surface area contributed by atoms with E-state index in [0.717, 1.165) is 28.0 Å². The highest BCUT2D eigenvalue weighted by molar-refractivity contribution is 9.10. The van der Waals surface area contributed by atoms with Crippen molar-refractivity contribution in [2.75, 3.05) is 11.9 Å². The van der Waals surface area contributed by atoms with Crippen LogP contribution in [0.1, 0.15) is 16.8 Å². The van der Waals surface area contributed by atoms with E-state index < -0.39 is 0 Å². The van der Waals surface area contributed by atoms with Gasteiger partial charge in [-0.25, -0.2) is 0 Å². The Kier molecular flexibility index (Phi) is 4.56. The molecule has 0 aliphatic heterocycles. The number of hydrogen-bond donors (Lipinski definition) is 1. The van der Waals surface area contributed by atoms with Gasteiger partial charge in [-0.05, 0) is 24.6 Å². The standard InChI is InChI=1S/C15H18BrN3/c1-11-7-15(13(8-17)9-18-11)19(2)10-12-5-3-4-6-14(12)16/h3-7,9H,8,10,17H2,1-2H3. The normalized spacial score (nSPS) is 10.5. The molecule has 0 amide bonds. The Morgan fingerprint density at radius 3 is 2.68 bits per heavy atom. The number of hydrogen-bond acceptors (Lipinski definition) is 3. The number of aromatic nitrogens is 1. The third kappa shape index (κ3) is 3.33. The van der Waals surface area contributed by atoms with Gasteiger partial charge in [0.2, 0.25) is 0 Å². The summed E-state index contributed by atoms with van der Waals surface area (Å²) in [4.78, 5) is 6.51. The number of benzene rings is 1. The van der Waals surface area contributed by atoms with Gasteiger partial charge in [-0.3, -0.25) is 4.98 Å². The van der Waals surface area contributed by atoms with Crippen LogP contribution in [0.3, 0.4) is 0 Å². The fourth-order valence-electron chi connectivity index (χ4n) is 2.05. The molecule has 0 aliphatic carbocycles. The van der Waals surface area contributed by atoms with Crippen LogP contribution in [-0.2, 0) is 13.1 Å². The summed E-state index contributed by atoms with van der Waals surface area (Å²) in [5.41, 5.74) is 10.3. The molecule has 1 heterocycles. The molecule has 1 aromatic carbocycles. The Morgan fingerprint density at radius 2 is 2.00 bits per heavy atom. The molecular weight excluding hydrogens is 302 g/mol. The lowest BCUT2D eigenvalue weighted by Crippen LogP contribution is -2.19. The predicted molar refractivity (Wildman–Crippen MR) is 83.1 cm³/mol. The first-order valence-electron chi connectivity index (χ1n) is 6.22. The van der Waals surface area contributed by atoms with Gasteiger partial charge in [0.1, 0.15) is 0 Å². The summed E-state index contributed by atoms with van der Waals surface area (Å²) in [5, 5.41) is 0. The van der Waals surface area contributed by atoms with E-state index in [1.54, 1.807) is 0 Å². The summed E-state index contributed by atoms with van der Waals surface area (Å²) in [6.45, 7) is 3.33. The van der Waals surface area contributed by atoms with E-state index >= 15 is 0 Å². The van der Waals surface area contributed by atoms with E-state index in [-0.39, 0.29) is 0 Å². The second kappa shape index (κ2) is 6.17. The molecule has 0 aliphatic rings. The lowest BCUT2D eigenvalue weighted by molar-refractivity contribution is 0.891. The number of nitrogens with zero attached hydrogens (tertiary/aromatic N) is 2. The molecule has 2 rings (SSSR count). The molecule has 100 valence electrons. The molecule has 2 aromatic rings. The van der Waals surface area contributed by atoms with Gasteiger partial charge in [0.25, 0.3) is 0 Å². The minimum atomic E-state index is 0.503. The van der Waals surface area contributed by atoms with Crippen LogP contribution in [-0.4, -0.2) is 12.0 Å². The van der Waals surface area contributed by atoms with E-state index in [1.165, 1.54) is 5.56 Å². The minimum absolute atomic E-state index is 0.503. The Labute approximate surface area is 122 Å². The van der Waals surface area contributed by atoms with Crippen LogP contribution in [0.25, 0.3) is 0 Å². The molecule has 0 unspecified atom stereocenters. The van der Waals surface area contributed by atoms with Crippen LogP contribution in [0, 0.1) is 6.92 Å². The van der Waals surface area contributed by atoms with Crippen molar-refractivity contribution < 1.29 is 0 Å². The van der Waals surface area contributed by atoms with Gasteiger partial charge in [0.05, 0.1) is 0 Å². The predicted octanol–water partition coefficient (Wildman–Crippen LogP) is 3.25. The summed E-state index contributed by atoms with van der Waals surface area (Å²) in [5.74, 6) is 0. The Hall–Kier alpha value is -1.39. The van der Waals surface area contributed by atoms with Crippen molar-refractivity contribution >= 4 is 21.6 Å². The maximum Gasteiger partial charge on any atom is 0.0445 e. The summed E-state index contributed by atoms with van der Waals surface area (Å²) >= 11 is 3.58. The van der Waals surface area contributed by atoms with E-state index in [4.69, 9.17) is 5.73 Å². The van der Waals surface area contributed by atoms with Crippen LogP contribution < -0.4 is 10.6 Å². The Balaban J connectivity index is 2.27. The van der Waals surface area contributed by atoms with Crippen molar-refractivity contribution in [2.24, 2.45) is 5.73 Å². The van der Waals surface area contributed by atoms with Crippen molar-refractivity contribution in [3.63, 3.8) is 0 Å². The van der Waals surface area contributed by atoms with Gasteiger partial charge in [-0.15, -0.1) is 0 Å². The fourth-order valence-corrected chi connectivity index (χ4v) is 2.46. The first kappa shape index (κ1) is 14.0. The molecule has 19 heavy (non-hydrogen) atoms. The number of pyridine rings is 1. The van der Waals surface area contributed by atoms with Gasteiger partial charge in [0.15, 0.2) is 0 Å². The molecule has 4 heteroatoms. The van der Waals surface area contributed by atoms with Gasteiger partial charge in [-0.2, -0.15) is 0 Å². The largest absolute Gasteiger partial charge is 0.370 e. The lowest BCUT2D eigenvalue weighted by Gasteiger charge is -2.23. The van der Waals surface area contributed by atoms with Crippen molar-refractivity contribution in [3.05, 3.63) is 57.8 Å². The maximum atomic E-state index is 5.79. The van der Waals surface area contributed by atoms with Crippen molar-refractivity contribution in [1.29, 1.82) is 0 Å². The molecule has 0 bridgehead atoms. The van der Waals surface area contributed by atoms with Crippen LogP contribution >= 0.6 is 15.9 Å². The SMILES string of the molecule is Cc1cc(N(C)Cc2ccccc2Br)c(CN)cn1. The number of nitrogens with two attached hydrogens (primary N) is 1. The summed E-state index contributed by atoms with van der Waals surface area (Å²) in [7, 11) is 2.08.